The van der Waals surface area contributed by atoms with Gasteiger partial charge in [0, 0.05) is 5.92 Å². The predicted octanol–water partition coefficient (Wildman–Crippen LogP) is 2.06. The first-order valence-electron chi connectivity index (χ1n) is 6.71. The SMILES string of the molecule is C=C[C@@H](CC)C1(C)NO[C@@H]2[C@@H](C(=O)OC)CC[C@@H]21. The average molecular weight is 253 g/mol. The predicted molar refractivity (Wildman–Crippen MR) is 68.6 cm³/mol. The smallest absolute Gasteiger partial charge is 0.311 e. The van der Waals surface area contributed by atoms with Crippen LogP contribution in [0.2, 0.25) is 0 Å². The highest BCUT2D eigenvalue weighted by atomic mass is 16.7. The monoisotopic (exact) mass is 253 g/mol. The minimum absolute atomic E-state index is 0.0588. The molecule has 0 spiro atoms. The molecule has 0 aromatic carbocycles. The second-order valence-corrected chi connectivity index (χ2v) is 5.53. The summed E-state index contributed by atoms with van der Waals surface area (Å²) in [5.41, 5.74) is 3.05. The van der Waals surface area contributed by atoms with E-state index in [1.54, 1.807) is 0 Å². The molecule has 1 N–H and O–H groups in total. The summed E-state index contributed by atoms with van der Waals surface area (Å²) < 4.78 is 4.86. The molecule has 2 aliphatic rings. The Kier molecular flexibility index (Phi) is 3.78. The van der Waals surface area contributed by atoms with E-state index >= 15 is 0 Å². The molecule has 1 heterocycles. The van der Waals surface area contributed by atoms with Crippen molar-refractivity contribution < 1.29 is 14.4 Å². The van der Waals surface area contributed by atoms with Crippen molar-refractivity contribution in [1.82, 2.24) is 5.48 Å². The zero-order valence-electron chi connectivity index (χ0n) is 11.4. The molecule has 4 heteroatoms. The summed E-state index contributed by atoms with van der Waals surface area (Å²) in [7, 11) is 1.44. The minimum Gasteiger partial charge on any atom is -0.469 e. The molecule has 18 heavy (non-hydrogen) atoms. The largest absolute Gasteiger partial charge is 0.469 e. The fraction of sp³-hybridized carbons (Fsp3) is 0.786. The van der Waals surface area contributed by atoms with Crippen LogP contribution in [0.15, 0.2) is 12.7 Å². The Morgan fingerprint density at radius 2 is 2.39 bits per heavy atom. The van der Waals surface area contributed by atoms with Crippen LogP contribution in [-0.2, 0) is 14.4 Å². The van der Waals surface area contributed by atoms with Crippen molar-refractivity contribution in [3.8, 4) is 0 Å². The number of esters is 1. The molecule has 2 fully saturated rings. The summed E-state index contributed by atoms with van der Waals surface area (Å²) >= 11 is 0. The Balaban J connectivity index is 2.17. The van der Waals surface area contributed by atoms with Gasteiger partial charge in [0.2, 0.25) is 0 Å². The number of carbonyl (C=O) groups excluding carboxylic acids is 1. The molecule has 2 rings (SSSR count). The molecule has 4 nitrogen and oxygen atoms in total. The zero-order valence-corrected chi connectivity index (χ0v) is 11.4. The van der Waals surface area contributed by atoms with Gasteiger partial charge in [0.05, 0.1) is 24.7 Å². The third-order valence-corrected chi connectivity index (χ3v) is 4.77. The molecule has 1 saturated heterocycles. The van der Waals surface area contributed by atoms with E-state index in [1.165, 1.54) is 7.11 Å². The van der Waals surface area contributed by atoms with Crippen LogP contribution < -0.4 is 5.48 Å². The number of carbonyl (C=O) groups is 1. The van der Waals surface area contributed by atoms with E-state index in [4.69, 9.17) is 9.57 Å². The zero-order chi connectivity index (χ0) is 13.3. The number of methoxy groups -OCH3 is 1. The molecule has 0 bridgehead atoms. The topological polar surface area (TPSA) is 47.6 Å². The molecule has 0 radical (unpaired) electrons. The lowest BCUT2D eigenvalue weighted by atomic mass is 9.73. The van der Waals surface area contributed by atoms with Gasteiger partial charge in [-0.25, -0.2) is 0 Å². The summed E-state index contributed by atoms with van der Waals surface area (Å²) in [5.74, 6) is 0.422. The van der Waals surface area contributed by atoms with E-state index in [0.717, 1.165) is 19.3 Å². The van der Waals surface area contributed by atoms with Gasteiger partial charge < -0.3 is 4.74 Å². The van der Waals surface area contributed by atoms with E-state index in [2.05, 4.69) is 25.9 Å². The highest BCUT2D eigenvalue weighted by Gasteiger charge is 2.56. The summed E-state index contributed by atoms with van der Waals surface area (Å²) in [5, 5.41) is 0. The van der Waals surface area contributed by atoms with Gasteiger partial charge in [-0.05, 0) is 32.1 Å². The number of fused-ring (bicyclic) bond motifs is 1. The van der Waals surface area contributed by atoms with Crippen molar-refractivity contribution in [2.24, 2.45) is 17.8 Å². The molecule has 0 aromatic rings. The van der Waals surface area contributed by atoms with Crippen molar-refractivity contribution in [3.05, 3.63) is 12.7 Å². The lowest BCUT2D eigenvalue weighted by molar-refractivity contribution is -0.150. The van der Waals surface area contributed by atoms with Crippen molar-refractivity contribution >= 4 is 5.97 Å². The number of ether oxygens (including phenoxy) is 1. The lowest BCUT2D eigenvalue weighted by Crippen LogP contribution is -2.47. The molecule has 1 aliphatic carbocycles. The molecule has 1 aliphatic heterocycles. The second kappa shape index (κ2) is 5.02. The van der Waals surface area contributed by atoms with Gasteiger partial charge >= 0.3 is 5.97 Å². The first-order chi connectivity index (χ1) is 8.58. The summed E-state index contributed by atoms with van der Waals surface area (Å²) in [6.45, 7) is 8.24. The Hall–Kier alpha value is -0.870. The van der Waals surface area contributed by atoms with E-state index in [-0.39, 0.29) is 23.5 Å². The maximum absolute atomic E-state index is 11.7. The van der Waals surface area contributed by atoms with Crippen LogP contribution in [0.5, 0.6) is 0 Å². The van der Waals surface area contributed by atoms with Crippen LogP contribution >= 0.6 is 0 Å². The molecular weight excluding hydrogens is 230 g/mol. The van der Waals surface area contributed by atoms with Gasteiger partial charge in [-0.1, -0.05) is 13.0 Å². The fourth-order valence-corrected chi connectivity index (χ4v) is 3.63. The number of hydrogen-bond acceptors (Lipinski definition) is 4. The Morgan fingerprint density at radius 3 is 2.94 bits per heavy atom. The maximum Gasteiger partial charge on any atom is 0.311 e. The first kappa shape index (κ1) is 13.6. The van der Waals surface area contributed by atoms with Crippen molar-refractivity contribution in [1.29, 1.82) is 0 Å². The van der Waals surface area contributed by atoms with Crippen molar-refractivity contribution in [2.45, 2.75) is 44.8 Å². The van der Waals surface area contributed by atoms with Gasteiger partial charge in [0.25, 0.3) is 0 Å². The van der Waals surface area contributed by atoms with Gasteiger partial charge in [0.1, 0.15) is 0 Å². The fourth-order valence-electron chi connectivity index (χ4n) is 3.63. The normalized spacial score (nSPS) is 40.3. The molecular formula is C14H23NO3. The highest BCUT2D eigenvalue weighted by Crippen LogP contribution is 2.48. The number of rotatable bonds is 4. The molecule has 102 valence electrons. The van der Waals surface area contributed by atoms with Gasteiger partial charge in [-0.15, -0.1) is 6.58 Å². The Morgan fingerprint density at radius 1 is 1.67 bits per heavy atom. The maximum atomic E-state index is 11.7. The molecule has 0 aromatic heterocycles. The third-order valence-electron chi connectivity index (χ3n) is 4.77. The van der Waals surface area contributed by atoms with Gasteiger partial charge in [-0.3, -0.25) is 9.63 Å². The number of hydrogen-bond donors (Lipinski definition) is 1. The molecule has 1 unspecified atom stereocenters. The third kappa shape index (κ3) is 1.88. The molecule has 0 amide bonds. The van der Waals surface area contributed by atoms with E-state index in [1.807, 2.05) is 6.08 Å². The molecule has 1 saturated carbocycles. The average Bonchev–Trinajstić information content (AvgIpc) is 2.93. The first-order valence-corrected chi connectivity index (χ1v) is 6.71. The van der Waals surface area contributed by atoms with Gasteiger partial charge in [-0.2, -0.15) is 5.48 Å². The van der Waals surface area contributed by atoms with Crippen LogP contribution in [0.25, 0.3) is 0 Å². The van der Waals surface area contributed by atoms with E-state index < -0.39 is 0 Å². The minimum atomic E-state index is -0.153. The van der Waals surface area contributed by atoms with Crippen LogP contribution in [0.3, 0.4) is 0 Å². The summed E-state index contributed by atoms with van der Waals surface area (Å²) in [6, 6.07) is 0. The van der Waals surface area contributed by atoms with Crippen molar-refractivity contribution in [2.75, 3.05) is 7.11 Å². The second-order valence-electron chi connectivity index (χ2n) is 5.53. The Bertz CT molecular complexity index is 344. The standard InChI is InChI=1S/C14H23NO3/c1-5-9(6-2)14(3)11-8-7-10(13(16)17-4)12(11)18-15-14/h5,9-12,15H,1,6-8H2,2-4H3/t9-,10-,11-,12+,14?/m0/s1. The number of nitrogens with one attached hydrogen (secondary N) is 1. The van der Waals surface area contributed by atoms with Crippen LogP contribution in [0.1, 0.15) is 33.1 Å². The van der Waals surface area contributed by atoms with Crippen molar-refractivity contribution in [3.63, 3.8) is 0 Å². The number of hydroxylamine groups is 1. The van der Waals surface area contributed by atoms with Crippen LogP contribution in [-0.4, -0.2) is 24.7 Å². The van der Waals surface area contributed by atoms with Crippen LogP contribution in [0.4, 0.5) is 0 Å². The Labute approximate surface area is 109 Å². The van der Waals surface area contributed by atoms with Crippen LogP contribution in [0, 0.1) is 17.8 Å². The summed E-state index contributed by atoms with van der Waals surface area (Å²) in [4.78, 5) is 17.4. The molecule has 5 atom stereocenters. The lowest BCUT2D eigenvalue weighted by Gasteiger charge is -2.35. The van der Waals surface area contributed by atoms with E-state index in [9.17, 15) is 4.79 Å². The highest BCUT2D eigenvalue weighted by molar-refractivity contribution is 5.73. The van der Waals surface area contributed by atoms with Gasteiger partial charge in [0.15, 0.2) is 0 Å². The quantitative estimate of drug-likeness (QED) is 0.615. The van der Waals surface area contributed by atoms with E-state index in [0.29, 0.717) is 11.8 Å². The summed E-state index contributed by atoms with van der Waals surface area (Å²) in [6.07, 6.45) is 4.80.